The second kappa shape index (κ2) is 7.07. The lowest BCUT2D eigenvalue weighted by Crippen LogP contribution is -2.36. The van der Waals surface area contributed by atoms with Crippen molar-refractivity contribution in [2.75, 3.05) is 13.2 Å². The third-order valence-electron chi connectivity index (χ3n) is 1.82. The molecule has 0 aliphatic heterocycles. The summed E-state index contributed by atoms with van der Waals surface area (Å²) < 4.78 is 11.1. The number of nitrogens with zero attached hydrogens (tertiary/aromatic N) is 1. The largest absolute Gasteiger partial charge is 0.355 e. The SMILES string of the molecule is CCOC([SiH3])(CCCC#N)OCC. The average Bonchev–Trinajstić information content (AvgIpc) is 2.05. The molecule has 0 fully saturated rings. The Labute approximate surface area is 83.4 Å². The summed E-state index contributed by atoms with van der Waals surface area (Å²) in [7, 11) is 0.851. The number of hydrogen-bond donors (Lipinski definition) is 0. The van der Waals surface area contributed by atoms with Crippen molar-refractivity contribution in [2.45, 2.75) is 38.5 Å². The van der Waals surface area contributed by atoms with Crippen LogP contribution < -0.4 is 0 Å². The summed E-state index contributed by atoms with van der Waals surface area (Å²) in [5.74, 6) is 0. The Hall–Kier alpha value is -0.373. The first-order chi connectivity index (χ1) is 6.18. The molecule has 13 heavy (non-hydrogen) atoms. The Morgan fingerprint density at radius 3 is 2.23 bits per heavy atom. The van der Waals surface area contributed by atoms with Crippen LogP contribution in [0.5, 0.6) is 0 Å². The molecule has 0 bridgehead atoms. The second-order valence-corrected chi connectivity index (χ2v) is 4.54. The van der Waals surface area contributed by atoms with Crippen molar-refractivity contribution in [3.63, 3.8) is 0 Å². The molecular weight excluding hydrogens is 182 g/mol. The van der Waals surface area contributed by atoms with E-state index in [1.165, 1.54) is 0 Å². The number of nitriles is 1. The van der Waals surface area contributed by atoms with Crippen LogP contribution in [0.3, 0.4) is 0 Å². The van der Waals surface area contributed by atoms with Gasteiger partial charge in [-0.05, 0) is 26.7 Å². The monoisotopic (exact) mass is 201 g/mol. The molecule has 0 amide bonds. The van der Waals surface area contributed by atoms with Crippen molar-refractivity contribution in [2.24, 2.45) is 0 Å². The van der Waals surface area contributed by atoms with Crippen LogP contribution in [0.15, 0.2) is 0 Å². The molecule has 0 aromatic carbocycles. The molecule has 0 saturated heterocycles. The van der Waals surface area contributed by atoms with Crippen LogP contribution in [0.1, 0.15) is 33.1 Å². The first kappa shape index (κ1) is 12.6. The van der Waals surface area contributed by atoms with Crippen LogP contribution >= 0.6 is 0 Å². The Morgan fingerprint density at radius 2 is 1.85 bits per heavy atom. The summed E-state index contributed by atoms with van der Waals surface area (Å²) in [5.41, 5.74) is -0.361. The van der Waals surface area contributed by atoms with Crippen LogP contribution in [0, 0.1) is 11.3 Å². The lowest BCUT2D eigenvalue weighted by molar-refractivity contribution is -0.177. The smallest absolute Gasteiger partial charge is 0.141 e. The topological polar surface area (TPSA) is 42.2 Å². The highest BCUT2D eigenvalue weighted by molar-refractivity contribution is 6.13. The average molecular weight is 201 g/mol. The van der Waals surface area contributed by atoms with Crippen molar-refractivity contribution in [1.82, 2.24) is 0 Å². The summed E-state index contributed by atoms with van der Waals surface area (Å²) in [5, 5.41) is 8.40. The summed E-state index contributed by atoms with van der Waals surface area (Å²) >= 11 is 0. The fourth-order valence-electron chi connectivity index (χ4n) is 1.29. The van der Waals surface area contributed by atoms with Gasteiger partial charge in [-0.2, -0.15) is 5.26 Å². The highest BCUT2D eigenvalue weighted by Gasteiger charge is 2.23. The maximum atomic E-state index is 8.40. The van der Waals surface area contributed by atoms with E-state index in [2.05, 4.69) is 6.07 Å². The van der Waals surface area contributed by atoms with E-state index in [1.54, 1.807) is 0 Å². The predicted molar refractivity (Wildman–Crippen MR) is 55.4 cm³/mol. The second-order valence-electron chi connectivity index (χ2n) is 3.01. The normalized spacial score (nSPS) is 11.5. The number of rotatable bonds is 7. The fraction of sp³-hybridized carbons (Fsp3) is 0.889. The van der Waals surface area contributed by atoms with Gasteiger partial charge >= 0.3 is 0 Å². The van der Waals surface area contributed by atoms with Gasteiger partial charge in [-0.3, -0.25) is 0 Å². The van der Waals surface area contributed by atoms with E-state index in [0.717, 1.165) is 23.1 Å². The zero-order valence-electron chi connectivity index (χ0n) is 8.80. The molecule has 0 N–H and O–H groups in total. The Balaban J connectivity index is 3.85. The van der Waals surface area contributed by atoms with Crippen LogP contribution in [-0.4, -0.2) is 28.9 Å². The first-order valence-electron chi connectivity index (χ1n) is 4.83. The maximum absolute atomic E-state index is 8.40. The van der Waals surface area contributed by atoms with E-state index in [1.807, 2.05) is 13.8 Å². The first-order valence-corrected chi connectivity index (χ1v) is 5.83. The van der Waals surface area contributed by atoms with Gasteiger partial charge in [0.25, 0.3) is 0 Å². The third-order valence-corrected chi connectivity index (χ3v) is 2.90. The molecule has 0 unspecified atom stereocenters. The van der Waals surface area contributed by atoms with E-state index in [-0.39, 0.29) is 5.41 Å². The van der Waals surface area contributed by atoms with Crippen molar-refractivity contribution < 1.29 is 9.47 Å². The molecule has 0 aromatic heterocycles. The minimum Gasteiger partial charge on any atom is -0.355 e. The van der Waals surface area contributed by atoms with Crippen LogP contribution in [0.2, 0.25) is 0 Å². The predicted octanol–water partition coefficient (Wildman–Crippen LogP) is 0.772. The molecule has 0 saturated carbocycles. The van der Waals surface area contributed by atoms with Gasteiger partial charge in [-0.1, -0.05) is 0 Å². The zero-order chi connectivity index (χ0) is 10.2. The highest BCUT2D eigenvalue weighted by atomic mass is 28.1. The van der Waals surface area contributed by atoms with Crippen molar-refractivity contribution in [1.29, 1.82) is 5.26 Å². The minimum absolute atomic E-state index is 0.361. The van der Waals surface area contributed by atoms with E-state index < -0.39 is 0 Å². The highest BCUT2D eigenvalue weighted by Crippen LogP contribution is 2.16. The Bertz CT molecular complexity index is 161. The Kier molecular flexibility index (Phi) is 6.87. The number of hydrogen-bond acceptors (Lipinski definition) is 3. The summed E-state index contributed by atoms with van der Waals surface area (Å²) in [4.78, 5) is 0. The van der Waals surface area contributed by atoms with Gasteiger partial charge in [-0.25, -0.2) is 0 Å². The van der Waals surface area contributed by atoms with Gasteiger partial charge in [0.15, 0.2) is 0 Å². The quantitative estimate of drug-likeness (QED) is 0.347. The molecule has 0 aromatic rings. The molecule has 0 atom stereocenters. The summed E-state index contributed by atoms with van der Waals surface area (Å²) in [6, 6.07) is 2.13. The lowest BCUT2D eigenvalue weighted by atomic mass is 10.2. The van der Waals surface area contributed by atoms with E-state index in [9.17, 15) is 0 Å². The number of ether oxygens (including phenoxy) is 2. The molecule has 0 spiro atoms. The summed E-state index contributed by atoms with van der Waals surface area (Å²) in [6.45, 7) is 5.29. The molecule has 0 radical (unpaired) electrons. The van der Waals surface area contributed by atoms with Crippen LogP contribution in [0.25, 0.3) is 0 Å². The van der Waals surface area contributed by atoms with Gasteiger partial charge in [0, 0.05) is 19.6 Å². The summed E-state index contributed by atoms with van der Waals surface area (Å²) in [6.07, 6.45) is 2.29. The molecule has 4 heteroatoms. The van der Waals surface area contributed by atoms with E-state index >= 15 is 0 Å². The maximum Gasteiger partial charge on any atom is 0.141 e. The van der Waals surface area contributed by atoms with Crippen molar-refractivity contribution in [3.8, 4) is 6.07 Å². The third kappa shape index (κ3) is 5.80. The molecule has 3 nitrogen and oxygen atoms in total. The number of unbranched alkanes of at least 4 members (excludes halogenated alkanes) is 1. The van der Waals surface area contributed by atoms with Crippen LogP contribution in [-0.2, 0) is 9.47 Å². The fourth-order valence-corrected chi connectivity index (χ4v) is 2.22. The van der Waals surface area contributed by atoms with E-state index in [4.69, 9.17) is 14.7 Å². The molecule has 0 aliphatic rings. The Morgan fingerprint density at radius 1 is 1.31 bits per heavy atom. The van der Waals surface area contributed by atoms with Gasteiger partial charge < -0.3 is 9.47 Å². The van der Waals surface area contributed by atoms with Crippen LogP contribution in [0.4, 0.5) is 0 Å². The van der Waals surface area contributed by atoms with E-state index in [0.29, 0.717) is 19.6 Å². The molecule has 0 aliphatic carbocycles. The van der Waals surface area contributed by atoms with Gasteiger partial charge in [0.2, 0.25) is 0 Å². The molecule has 0 rings (SSSR count). The van der Waals surface area contributed by atoms with Crippen molar-refractivity contribution in [3.05, 3.63) is 0 Å². The van der Waals surface area contributed by atoms with Crippen molar-refractivity contribution >= 4 is 10.2 Å². The standard InChI is InChI=1S/C9H19NO2Si/c1-3-11-9(13,12-4-2)7-5-6-8-10/h3-7H2,1-2,13H3. The minimum atomic E-state index is -0.361. The molecular formula is C9H19NO2Si. The zero-order valence-corrected chi connectivity index (χ0v) is 10.8. The van der Waals surface area contributed by atoms with Gasteiger partial charge in [0.05, 0.1) is 16.3 Å². The molecule has 76 valence electrons. The molecule has 0 heterocycles. The lowest BCUT2D eigenvalue weighted by Gasteiger charge is -2.29. The van der Waals surface area contributed by atoms with Gasteiger partial charge in [0.1, 0.15) is 5.41 Å². The van der Waals surface area contributed by atoms with Gasteiger partial charge in [-0.15, -0.1) is 0 Å².